The van der Waals surface area contributed by atoms with Crippen LogP contribution in [0.3, 0.4) is 0 Å². The zero-order valence-electron chi connectivity index (χ0n) is 10.0. The van der Waals surface area contributed by atoms with Gasteiger partial charge in [-0.15, -0.1) is 0 Å². The van der Waals surface area contributed by atoms with Crippen molar-refractivity contribution in [1.29, 1.82) is 0 Å². The molecule has 1 aliphatic rings. The van der Waals surface area contributed by atoms with Gasteiger partial charge in [-0.2, -0.15) is 0 Å². The third-order valence-corrected chi connectivity index (χ3v) is 3.53. The molecule has 1 aliphatic heterocycles. The van der Waals surface area contributed by atoms with E-state index >= 15 is 0 Å². The minimum absolute atomic E-state index is 0.0623. The summed E-state index contributed by atoms with van der Waals surface area (Å²) >= 11 is 3.33. The van der Waals surface area contributed by atoms with Gasteiger partial charge in [0.25, 0.3) is 0 Å². The smallest absolute Gasteiger partial charge is 0.136 e. The molecule has 4 heteroatoms. The topological polar surface area (TPSA) is 18.5 Å². The lowest BCUT2D eigenvalue weighted by Crippen LogP contribution is -2.23. The van der Waals surface area contributed by atoms with E-state index in [-0.39, 0.29) is 17.5 Å². The highest BCUT2D eigenvalue weighted by molar-refractivity contribution is 9.10. The average molecular weight is 303 g/mol. The standard InChI is InChI=1S/C13H16BrFO2/c1-13(2)6-5-10(17-13)8-16-12-7-9(15)3-4-11(12)14/h3-4,7,10H,5-6,8H2,1-2H3. The van der Waals surface area contributed by atoms with Crippen LogP contribution in [0.2, 0.25) is 0 Å². The summed E-state index contributed by atoms with van der Waals surface area (Å²) in [5.74, 6) is 0.231. The molecule has 2 rings (SSSR count). The van der Waals surface area contributed by atoms with Gasteiger partial charge in [0.2, 0.25) is 0 Å². The normalized spacial score (nSPS) is 22.7. The zero-order valence-corrected chi connectivity index (χ0v) is 11.6. The van der Waals surface area contributed by atoms with Crippen LogP contribution in [-0.4, -0.2) is 18.3 Å². The zero-order chi connectivity index (χ0) is 12.5. The molecule has 1 aromatic carbocycles. The van der Waals surface area contributed by atoms with Crippen molar-refractivity contribution in [1.82, 2.24) is 0 Å². The Labute approximate surface area is 109 Å². The van der Waals surface area contributed by atoms with Gasteiger partial charge in [-0.05, 0) is 54.8 Å². The lowest BCUT2D eigenvalue weighted by molar-refractivity contribution is -0.0327. The van der Waals surface area contributed by atoms with Crippen molar-refractivity contribution >= 4 is 15.9 Å². The number of hydrogen-bond acceptors (Lipinski definition) is 2. The first-order valence-corrected chi connectivity index (χ1v) is 6.51. The lowest BCUT2D eigenvalue weighted by Gasteiger charge is -2.19. The molecule has 2 nitrogen and oxygen atoms in total. The molecule has 1 heterocycles. The van der Waals surface area contributed by atoms with E-state index in [1.807, 2.05) is 0 Å². The van der Waals surface area contributed by atoms with Gasteiger partial charge in [-0.25, -0.2) is 4.39 Å². The molecule has 0 bridgehead atoms. The summed E-state index contributed by atoms with van der Waals surface area (Å²) in [6, 6.07) is 4.42. The second kappa shape index (κ2) is 4.94. The number of benzene rings is 1. The maximum atomic E-state index is 13.0. The molecule has 0 saturated carbocycles. The molecule has 0 N–H and O–H groups in total. The van der Waals surface area contributed by atoms with Gasteiger partial charge in [0, 0.05) is 6.07 Å². The van der Waals surface area contributed by atoms with Gasteiger partial charge >= 0.3 is 0 Å². The van der Waals surface area contributed by atoms with Crippen molar-refractivity contribution in [3.63, 3.8) is 0 Å². The van der Waals surface area contributed by atoms with E-state index in [2.05, 4.69) is 29.8 Å². The van der Waals surface area contributed by atoms with Gasteiger partial charge in [0.15, 0.2) is 0 Å². The summed E-state index contributed by atoms with van der Waals surface area (Å²) in [6.45, 7) is 4.61. The van der Waals surface area contributed by atoms with Crippen molar-refractivity contribution in [2.75, 3.05) is 6.61 Å². The fourth-order valence-electron chi connectivity index (χ4n) is 1.97. The molecule has 1 fully saturated rings. The van der Waals surface area contributed by atoms with Crippen molar-refractivity contribution in [3.05, 3.63) is 28.5 Å². The van der Waals surface area contributed by atoms with Gasteiger partial charge in [-0.1, -0.05) is 0 Å². The Hall–Kier alpha value is -0.610. The van der Waals surface area contributed by atoms with Crippen LogP contribution in [0.25, 0.3) is 0 Å². The van der Waals surface area contributed by atoms with Crippen molar-refractivity contribution in [3.8, 4) is 5.75 Å². The second-order valence-electron chi connectivity index (χ2n) is 4.92. The predicted molar refractivity (Wildman–Crippen MR) is 67.8 cm³/mol. The Balaban J connectivity index is 1.92. The largest absolute Gasteiger partial charge is 0.490 e. The molecule has 17 heavy (non-hydrogen) atoms. The van der Waals surface area contributed by atoms with E-state index in [9.17, 15) is 4.39 Å². The Kier molecular flexibility index (Phi) is 3.73. The molecule has 0 aliphatic carbocycles. The highest BCUT2D eigenvalue weighted by atomic mass is 79.9. The number of rotatable bonds is 3. The molecule has 94 valence electrons. The fraction of sp³-hybridized carbons (Fsp3) is 0.538. The maximum absolute atomic E-state index is 13.0. The van der Waals surface area contributed by atoms with Gasteiger partial charge in [0.1, 0.15) is 18.2 Å². The molecule has 0 amide bonds. The summed E-state index contributed by atoms with van der Waals surface area (Å²) < 4.78 is 25.2. The van der Waals surface area contributed by atoms with Crippen LogP contribution in [0.1, 0.15) is 26.7 Å². The Morgan fingerprint density at radius 3 is 2.94 bits per heavy atom. The third-order valence-electron chi connectivity index (χ3n) is 2.87. The van der Waals surface area contributed by atoms with Gasteiger partial charge < -0.3 is 9.47 Å². The average Bonchev–Trinajstić information content (AvgIpc) is 2.60. The van der Waals surface area contributed by atoms with Crippen LogP contribution in [0.4, 0.5) is 4.39 Å². The quantitative estimate of drug-likeness (QED) is 0.842. The molecule has 1 unspecified atom stereocenters. The first-order chi connectivity index (χ1) is 7.96. The Bertz CT molecular complexity index is 406. The number of halogens is 2. The highest BCUT2D eigenvalue weighted by Gasteiger charge is 2.31. The number of ether oxygens (including phenoxy) is 2. The van der Waals surface area contributed by atoms with Crippen molar-refractivity contribution < 1.29 is 13.9 Å². The van der Waals surface area contributed by atoms with Crippen LogP contribution in [0.15, 0.2) is 22.7 Å². The summed E-state index contributed by atoms with van der Waals surface area (Å²) in [5.41, 5.74) is -0.0623. The van der Waals surface area contributed by atoms with E-state index in [4.69, 9.17) is 9.47 Å². The van der Waals surface area contributed by atoms with Crippen molar-refractivity contribution in [2.45, 2.75) is 38.4 Å². The molecule has 1 aromatic rings. The molecule has 1 saturated heterocycles. The minimum Gasteiger partial charge on any atom is -0.490 e. The van der Waals surface area contributed by atoms with E-state index in [0.717, 1.165) is 17.3 Å². The molecule has 1 atom stereocenters. The SMILES string of the molecule is CC1(C)CCC(COc2cc(F)ccc2Br)O1. The molecule has 0 radical (unpaired) electrons. The lowest BCUT2D eigenvalue weighted by atomic mass is 10.1. The van der Waals surface area contributed by atoms with Crippen LogP contribution in [-0.2, 0) is 4.74 Å². The van der Waals surface area contributed by atoms with Crippen LogP contribution in [0, 0.1) is 5.82 Å². The van der Waals surface area contributed by atoms with E-state index in [1.165, 1.54) is 12.1 Å². The summed E-state index contributed by atoms with van der Waals surface area (Å²) in [4.78, 5) is 0. The summed E-state index contributed by atoms with van der Waals surface area (Å²) in [6.07, 6.45) is 2.12. The Morgan fingerprint density at radius 1 is 1.53 bits per heavy atom. The predicted octanol–water partition coefficient (Wildman–Crippen LogP) is 3.92. The van der Waals surface area contributed by atoms with E-state index in [0.29, 0.717) is 12.4 Å². The Morgan fingerprint density at radius 2 is 2.29 bits per heavy atom. The van der Waals surface area contributed by atoms with Crippen LogP contribution in [0.5, 0.6) is 5.75 Å². The summed E-state index contributed by atoms with van der Waals surface area (Å²) in [7, 11) is 0. The molecule has 0 spiro atoms. The highest BCUT2D eigenvalue weighted by Crippen LogP contribution is 2.31. The first-order valence-electron chi connectivity index (χ1n) is 5.72. The molecular formula is C13H16BrFO2. The first kappa shape index (κ1) is 12.8. The third kappa shape index (κ3) is 3.42. The van der Waals surface area contributed by atoms with Gasteiger partial charge in [0.05, 0.1) is 16.2 Å². The van der Waals surface area contributed by atoms with Crippen LogP contribution < -0.4 is 4.74 Å². The fourth-order valence-corrected chi connectivity index (χ4v) is 2.33. The number of hydrogen-bond donors (Lipinski definition) is 0. The van der Waals surface area contributed by atoms with Gasteiger partial charge in [-0.3, -0.25) is 0 Å². The van der Waals surface area contributed by atoms with E-state index < -0.39 is 0 Å². The van der Waals surface area contributed by atoms with E-state index in [1.54, 1.807) is 6.07 Å². The monoisotopic (exact) mass is 302 g/mol. The summed E-state index contributed by atoms with van der Waals surface area (Å²) in [5, 5.41) is 0. The second-order valence-corrected chi connectivity index (χ2v) is 5.78. The maximum Gasteiger partial charge on any atom is 0.136 e. The molecular weight excluding hydrogens is 287 g/mol. The van der Waals surface area contributed by atoms with Crippen molar-refractivity contribution in [2.24, 2.45) is 0 Å². The van der Waals surface area contributed by atoms with Crippen LogP contribution >= 0.6 is 15.9 Å². The molecule has 0 aromatic heterocycles. The minimum atomic E-state index is -0.295.